The molecule has 2 rings (SSSR count). The van der Waals surface area contributed by atoms with Gasteiger partial charge < -0.3 is 10.2 Å². The Balaban J connectivity index is 0.00000200. The van der Waals surface area contributed by atoms with Gasteiger partial charge in [0.15, 0.2) is 0 Å². The minimum Gasteiger partial charge on any atom is -0.334 e. The molecule has 20 heavy (non-hydrogen) atoms. The summed E-state index contributed by atoms with van der Waals surface area (Å²) in [6.07, 6.45) is 2.22. The first-order chi connectivity index (χ1) is 9.13. The SMILES string of the molecule is CNCC1CCCN1C(=O)c1ccc(C(C)C)cc1.Cl. The predicted octanol–water partition coefficient (Wildman–Crippen LogP) is 3.06. The van der Waals surface area contributed by atoms with Crippen LogP contribution in [0.25, 0.3) is 0 Å². The van der Waals surface area contributed by atoms with Crippen LogP contribution in [0.1, 0.15) is 48.5 Å². The fourth-order valence-electron chi connectivity index (χ4n) is 2.73. The molecule has 0 saturated carbocycles. The molecule has 1 atom stereocenters. The van der Waals surface area contributed by atoms with Gasteiger partial charge in [0.25, 0.3) is 5.91 Å². The number of halogens is 1. The maximum Gasteiger partial charge on any atom is 0.254 e. The van der Waals surface area contributed by atoms with Gasteiger partial charge in [0.05, 0.1) is 0 Å². The second kappa shape index (κ2) is 7.65. The molecule has 1 aromatic carbocycles. The van der Waals surface area contributed by atoms with E-state index in [0.717, 1.165) is 31.5 Å². The smallest absolute Gasteiger partial charge is 0.254 e. The number of amides is 1. The third kappa shape index (κ3) is 3.74. The molecule has 1 fully saturated rings. The molecule has 112 valence electrons. The number of likely N-dealkylation sites (tertiary alicyclic amines) is 1. The summed E-state index contributed by atoms with van der Waals surface area (Å²) in [7, 11) is 1.94. The first-order valence-corrected chi connectivity index (χ1v) is 7.19. The fourth-order valence-corrected chi connectivity index (χ4v) is 2.73. The van der Waals surface area contributed by atoms with E-state index in [1.807, 2.05) is 24.1 Å². The maximum absolute atomic E-state index is 12.5. The molecule has 1 aliphatic rings. The maximum atomic E-state index is 12.5. The van der Waals surface area contributed by atoms with E-state index < -0.39 is 0 Å². The van der Waals surface area contributed by atoms with Crippen molar-refractivity contribution >= 4 is 18.3 Å². The molecule has 0 radical (unpaired) electrons. The molecule has 0 aliphatic carbocycles. The second-order valence-corrected chi connectivity index (χ2v) is 5.63. The van der Waals surface area contributed by atoms with Crippen molar-refractivity contribution in [2.24, 2.45) is 0 Å². The van der Waals surface area contributed by atoms with Gasteiger partial charge >= 0.3 is 0 Å². The van der Waals surface area contributed by atoms with Gasteiger partial charge in [0, 0.05) is 24.7 Å². The molecule has 3 nitrogen and oxygen atoms in total. The Morgan fingerprint density at radius 3 is 2.55 bits per heavy atom. The van der Waals surface area contributed by atoms with Gasteiger partial charge in [-0.05, 0) is 43.5 Å². The summed E-state index contributed by atoms with van der Waals surface area (Å²) >= 11 is 0. The normalized spacial score (nSPS) is 18.2. The Hall–Kier alpha value is -1.06. The predicted molar refractivity (Wildman–Crippen MR) is 85.8 cm³/mol. The van der Waals surface area contributed by atoms with Gasteiger partial charge in [-0.25, -0.2) is 0 Å². The van der Waals surface area contributed by atoms with Crippen LogP contribution in [0.3, 0.4) is 0 Å². The van der Waals surface area contributed by atoms with Crippen LogP contribution in [0.2, 0.25) is 0 Å². The van der Waals surface area contributed by atoms with Crippen molar-refractivity contribution in [3.63, 3.8) is 0 Å². The highest BCUT2D eigenvalue weighted by atomic mass is 35.5. The summed E-state index contributed by atoms with van der Waals surface area (Å²) in [6.45, 7) is 6.10. The molecule has 1 aromatic rings. The van der Waals surface area contributed by atoms with Crippen molar-refractivity contribution in [2.45, 2.75) is 38.6 Å². The first kappa shape index (κ1) is 17.0. The van der Waals surface area contributed by atoms with E-state index >= 15 is 0 Å². The summed E-state index contributed by atoms with van der Waals surface area (Å²) in [5, 5.41) is 3.18. The van der Waals surface area contributed by atoms with Gasteiger partial charge in [0.2, 0.25) is 0 Å². The van der Waals surface area contributed by atoms with Crippen LogP contribution in [0.4, 0.5) is 0 Å². The average molecular weight is 297 g/mol. The summed E-state index contributed by atoms with van der Waals surface area (Å²) in [5.74, 6) is 0.682. The molecule has 1 aliphatic heterocycles. The molecule has 0 aromatic heterocycles. The lowest BCUT2D eigenvalue weighted by molar-refractivity contribution is 0.0737. The summed E-state index contributed by atoms with van der Waals surface area (Å²) in [6, 6.07) is 8.42. The van der Waals surface area contributed by atoms with Gasteiger partial charge in [-0.1, -0.05) is 26.0 Å². The Labute approximate surface area is 128 Å². The molecule has 1 amide bonds. The van der Waals surface area contributed by atoms with Crippen LogP contribution < -0.4 is 5.32 Å². The van der Waals surface area contributed by atoms with E-state index in [4.69, 9.17) is 0 Å². The monoisotopic (exact) mass is 296 g/mol. The lowest BCUT2D eigenvalue weighted by Gasteiger charge is -2.24. The largest absolute Gasteiger partial charge is 0.334 e. The lowest BCUT2D eigenvalue weighted by atomic mass is 10.0. The highest BCUT2D eigenvalue weighted by Gasteiger charge is 2.28. The van der Waals surface area contributed by atoms with Crippen LogP contribution in [-0.4, -0.2) is 37.0 Å². The van der Waals surface area contributed by atoms with E-state index in [9.17, 15) is 4.79 Å². The standard InChI is InChI=1S/C16H24N2O.ClH/c1-12(2)13-6-8-14(9-7-13)16(19)18-10-4-5-15(18)11-17-3;/h6-9,12,15,17H,4-5,10-11H2,1-3H3;1H. The Morgan fingerprint density at radius 1 is 1.35 bits per heavy atom. The number of nitrogens with zero attached hydrogens (tertiary/aromatic N) is 1. The van der Waals surface area contributed by atoms with Crippen molar-refractivity contribution in [1.29, 1.82) is 0 Å². The number of benzene rings is 1. The average Bonchev–Trinajstić information content (AvgIpc) is 2.87. The highest BCUT2D eigenvalue weighted by Crippen LogP contribution is 2.21. The number of likely N-dealkylation sites (N-methyl/N-ethyl adjacent to an activating group) is 1. The first-order valence-electron chi connectivity index (χ1n) is 7.19. The van der Waals surface area contributed by atoms with Crippen molar-refractivity contribution in [1.82, 2.24) is 10.2 Å². The van der Waals surface area contributed by atoms with E-state index in [2.05, 4.69) is 31.3 Å². The molecule has 4 heteroatoms. The Morgan fingerprint density at radius 2 is 2.00 bits per heavy atom. The van der Waals surface area contributed by atoms with Crippen molar-refractivity contribution in [2.75, 3.05) is 20.1 Å². The zero-order valence-electron chi connectivity index (χ0n) is 12.6. The summed E-state index contributed by atoms with van der Waals surface area (Å²) < 4.78 is 0. The number of nitrogens with one attached hydrogen (secondary N) is 1. The number of carbonyl (C=O) groups excluding carboxylic acids is 1. The van der Waals surface area contributed by atoms with Gasteiger partial charge in [0.1, 0.15) is 0 Å². The molecule has 1 saturated heterocycles. The van der Waals surface area contributed by atoms with E-state index in [1.165, 1.54) is 5.56 Å². The van der Waals surface area contributed by atoms with Crippen LogP contribution in [0.15, 0.2) is 24.3 Å². The quantitative estimate of drug-likeness (QED) is 0.926. The van der Waals surface area contributed by atoms with E-state index in [0.29, 0.717) is 12.0 Å². The molecule has 1 N–H and O–H groups in total. The van der Waals surface area contributed by atoms with Crippen molar-refractivity contribution < 1.29 is 4.79 Å². The minimum absolute atomic E-state index is 0. The number of rotatable bonds is 4. The van der Waals surface area contributed by atoms with E-state index in [-0.39, 0.29) is 18.3 Å². The van der Waals surface area contributed by atoms with Gasteiger partial charge in [-0.3, -0.25) is 4.79 Å². The van der Waals surface area contributed by atoms with Crippen LogP contribution in [0, 0.1) is 0 Å². The Kier molecular flexibility index (Phi) is 6.50. The minimum atomic E-state index is 0. The third-order valence-corrected chi connectivity index (χ3v) is 3.90. The zero-order valence-corrected chi connectivity index (χ0v) is 13.4. The van der Waals surface area contributed by atoms with Crippen molar-refractivity contribution in [3.8, 4) is 0 Å². The second-order valence-electron chi connectivity index (χ2n) is 5.63. The molecule has 1 unspecified atom stereocenters. The number of hydrogen-bond donors (Lipinski definition) is 1. The molecule has 0 spiro atoms. The topological polar surface area (TPSA) is 32.3 Å². The van der Waals surface area contributed by atoms with Crippen LogP contribution >= 0.6 is 12.4 Å². The molecule has 1 heterocycles. The van der Waals surface area contributed by atoms with Crippen molar-refractivity contribution in [3.05, 3.63) is 35.4 Å². The van der Waals surface area contributed by atoms with E-state index in [1.54, 1.807) is 0 Å². The number of carbonyl (C=O) groups is 1. The number of hydrogen-bond acceptors (Lipinski definition) is 2. The van der Waals surface area contributed by atoms with Crippen LogP contribution in [-0.2, 0) is 0 Å². The molecular weight excluding hydrogens is 272 g/mol. The lowest BCUT2D eigenvalue weighted by Crippen LogP contribution is -2.40. The van der Waals surface area contributed by atoms with Crippen LogP contribution in [0.5, 0.6) is 0 Å². The fraction of sp³-hybridized carbons (Fsp3) is 0.562. The third-order valence-electron chi connectivity index (χ3n) is 3.90. The molecule has 0 bridgehead atoms. The highest BCUT2D eigenvalue weighted by molar-refractivity contribution is 5.94. The zero-order chi connectivity index (χ0) is 13.8. The Bertz CT molecular complexity index is 431. The van der Waals surface area contributed by atoms with Gasteiger partial charge in [-0.15, -0.1) is 12.4 Å². The summed E-state index contributed by atoms with van der Waals surface area (Å²) in [4.78, 5) is 14.5. The van der Waals surface area contributed by atoms with Gasteiger partial charge in [-0.2, -0.15) is 0 Å². The molecular formula is C16H25ClN2O. The summed E-state index contributed by atoms with van der Waals surface area (Å²) in [5.41, 5.74) is 2.09.